The average Bonchev–Trinajstić information content (AvgIpc) is 3.33. The summed E-state index contributed by atoms with van der Waals surface area (Å²) in [6.07, 6.45) is 10.4. The number of hydrogen-bond acceptors (Lipinski definition) is 6. The number of amides is 1. The third-order valence-corrected chi connectivity index (χ3v) is 5.69. The number of carbonyl (C=O) groups is 1. The highest BCUT2D eigenvalue weighted by molar-refractivity contribution is 5.76. The van der Waals surface area contributed by atoms with Gasteiger partial charge in [0.2, 0.25) is 11.8 Å². The van der Waals surface area contributed by atoms with Gasteiger partial charge in [0.15, 0.2) is 5.66 Å². The number of nitrogens with zero attached hydrogens (tertiary/aromatic N) is 5. The van der Waals surface area contributed by atoms with Gasteiger partial charge in [0.1, 0.15) is 6.10 Å². The molecule has 7 nitrogen and oxygen atoms in total. The van der Waals surface area contributed by atoms with Gasteiger partial charge in [-0.2, -0.15) is 10.2 Å². The highest BCUT2D eigenvalue weighted by Gasteiger charge is 2.40. The third-order valence-electron chi connectivity index (χ3n) is 5.69. The number of carbonyl (C=O) groups excluding carboxylic acids is 1. The molecule has 0 saturated carbocycles. The van der Waals surface area contributed by atoms with E-state index in [2.05, 4.69) is 53.0 Å². The second-order valence-electron chi connectivity index (χ2n) is 8.27. The molecule has 1 atom stereocenters. The van der Waals surface area contributed by atoms with Crippen molar-refractivity contribution in [3.8, 4) is 18.2 Å². The molecule has 1 fully saturated rings. The van der Waals surface area contributed by atoms with E-state index in [0.29, 0.717) is 44.3 Å². The Balaban J connectivity index is 1.41. The molecule has 1 unspecified atom stereocenters. The summed E-state index contributed by atoms with van der Waals surface area (Å²) >= 11 is 0. The maximum Gasteiger partial charge on any atom is 0.222 e. The summed E-state index contributed by atoms with van der Waals surface area (Å²) in [5, 5.41) is 8.20. The van der Waals surface area contributed by atoms with Crippen molar-refractivity contribution in [2.24, 2.45) is 10.2 Å². The van der Waals surface area contributed by atoms with Gasteiger partial charge >= 0.3 is 0 Å². The van der Waals surface area contributed by atoms with Crippen molar-refractivity contribution in [3.63, 3.8) is 0 Å². The van der Waals surface area contributed by atoms with Gasteiger partial charge in [-0.3, -0.25) is 9.69 Å². The number of aromatic nitrogens is 1. The maximum absolute atomic E-state index is 12.5. The average molecular weight is 398 g/mol. The lowest BCUT2D eigenvalue weighted by Gasteiger charge is -2.21. The molecule has 0 aliphatic carbocycles. The van der Waals surface area contributed by atoms with Crippen molar-refractivity contribution in [1.29, 1.82) is 0 Å². The number of terminal acetylenes is 1. The van der Waals surface area contributed by atoms with E-state index in [4.69, 9.17) is 11.2 Å². The van der Waals surface area contributed by atoms with E-state index < -0.39 is 5.66 Å². The number of ether oxygens (including phenoxy) is 1. The quantitative estimate of drug-likeness (QED) is 0.568. The first kappa shape index (κ1) is 21.3. The molecule has 0 bridgehead atoms. The van der Waals surface area contributed by atoms with E-state index >= 15 is 0 Å². The van der Waals surface area contributed by atoms with Crippen molar-refractivity contribution in [2.75, 3.05) is 20.1 Å². The van der Waals surface area contributed by atoms with Gasteiger partial charge in [-0.25, -0.2) is 4.98 Å². The van der Waals surface area contributed by atoms with Crippen molar-refractivity contribution < 1.29 is 9.53 Å². The maximum atomic E-state index is 12.5. The second kappa shape index (κ2) is 9.36. The molecule has 3 rings (SSSR count). The molecule has 1 saturated heterocycles. The predicted molar refractivity (Wildman–Crippen MR) is 111 cm³/mol. The molecule has 3 heterocycles. The zero-order valence-electron chi connectivity index (χ0n) is 17.7. The topological polar surface area (TPSA) is 70.4 Å². The minimum atomic E-state index is -0.396. The SMILES string of the molecule is C#CCCC1(CCC(=O)N2CCC(Oc3ccc(CN(C)C(C)C)cn3)C2)N=N1. The van der Waals surface area contributed by atoms with Crippen LogP contribution in [0.25, 0.3) is 0 Å². The number of hydrogen-bond donors (Lipinski definition) is 0. The third kappa shape index (κ3) is 6.01. The van der Waals surface area contributed by atoms with Gasteiger partial charge in [-0.05, 0) is 26.5 Å². The number of pyridine rings is 1. The molecule has 0 aromatic carbocycles. The smallest absolute Gasteiger partial charge is 0.222 e. The summed E-state index contributed by atoms with van der Waals surface area (Å²) in [7, 11) is 2.10. The van der Waals surface area contributed by atoms with E-state index in [9.17, 15) is 4.79 Å². The largest absolute Gasteiger partial charge is 0.472 e. The summed E-state index contributed by atoms with van der Waals surface area (Å²) in [6.45, 7) is 6.52. The fourth-order valence-corrected chi connectivity index (χ4v) is 3.40. The monoisotopic (exact) mass is 397 g/mol. The van der Waals surface area contributed by atoms with Crippen molar-refractivity contribution in [3.05, 3.63) is 23.9 Å². The van der Waals surface area contributed by atoms with E-state index in [1.807, 2.05) is 17.2 Å². The highest BCUT2D eigenvalue weighted by atomic mass is 16.5. The lowest BCUT2D eigenvalue weighted by atomic mass is 10.0. The minimum Gasteiger partial charge on any atom is -0.472 e. The lowest BCUT2D eigenvalue weighted by molar-refractivity contribution is -0.130. The van der Waals surface area contributed by atoms with Crippen LogP contribution in [0.5, 0.6) is 5.88 Å². The standard InChI is InChI=1S/C22H31N5O2/c1-5-6-11-22(24-25-22)12-9-21(28)27-13-10-19(16-27)29-20-8-7-18(14-23-20)15-26(4)17(2)3/h1,7-8,14,17,19H,6,9-13,15-16H2,2-4H3. The Labute approximate surface area is 173 Å². The second-order valence-corrected chi connectivity index (χ2v) is 8.27. The molecule has 1 amide bonds. The zero-order chi connectivity index (χ0) is 20.9. The van der Waals surface area contributed by atoms with Gasteiger partial charge in [0.25, 0.3) is 0 Å². The Morgan fingerprint density at radius 1 is 1.41 bits per heavy atom. The van der Waals surface area contributed by atoms with Crippen LogP contribution < -0.4 is 4.74 Å². The molecule has 2 aliphatic rings. The van der Waals surface area contributed by atoms with Gasteiger partial charge in [0.05, 0.1) is 6.54 Å². The van der Waals surface area contributed by atoms with Crippen molar-refractivity contribution >= 4 is 5.91 Å². The van der Waals surface area contributed by atoms with E-state index in [-0.39, 0.29) is 12.0 Å². The Hall–Kier alpha value is -2.46. The van der Waals surface area contributed by atoms with Crippen LogP contribution in [0.4, 0.5) is 0 Å². The summed E-state index contributed by atoms with van der Waals surface area (Å²) in [4.78, 5) is 21.1. The van der Waals surface area contributed by atoms with Crippen molar-refractivity contribution in [1.82, 2.24) is 14.8 Å². The Morgan fingerprint density at radius 3 is 2.83 bits per heavy atom. The first-order chi connectivity index (χ1) is 13.9. The Bertz CT molecular complexity index is 762. The van der Waals surface area contributed by atoms with Crippen LogP contribution in [-0.2, 0) is 11.3 Å². The van der Waals surface area contributed by atoms with Gasteiger partial charge in [-0.1, -0.05) is 6.07 Å². The molecular weight excluding hydrogens is 366 g/mol. The Kier molecular flexibility index (Phi) is 6.86. The highest BCUT2D eigenvalue weighted by Crippen LogP contribution is 2.37. The predicted octanol–water partition coefficient (Wildman–Crippen LogP) is 3.26. The van der Waals surface area contributed by atoms with Crippen LogP contribution in [0.3, 0.4) is 0 Å². The van der Waals surface area contributed by atoms with Crippen LogP contribution >= 0.6 is 0 Å². The number of rotatable bonds is 10. The minimum absolute atomic E-state index is 0.0126. The van der Waals surface area contributed by atoms with Crippen molar-refractivity contribution in [2.45, 2.75) is 70.3 Å². The molecule has 0 radical (unpaired) electrons. The normalized spacial score (nSPS) is 19.6. The Morgan fingerprint density at radius 2 is 2.21 bits per heavy atom. The van der Waals surface area contributed by atoms with Gasteiger partial charge < -0.3 is 9.64 Å². The van der Waals surface area contributed by atoms with Crippen LogP contribution in [0, 0.1) is 12.3 Å². The molecule has 1 aromatic rings. The van der Waals surface area contributed by atoms with Crippen LogP contribution in [0.1, 0.15) is 51.5 Å². The van der Waals surface area contributed by atoms with Crippen LogP contribution in [0.15, 0.2) is 28.6 Å². The fourth-order valence-electron chi connectivity index (χ4n) is 3.40. The summed E-state index contributed by atoms with van der Waals surface area (Å²) < 4.78 is 6.00. The van der Waals surface area contributed by atoms with Crippen LogP contribution in [0.2, 0.25) is 0 Å². The van der Waals surface area contributed by atoms with E-state index in [1.54, 1.807) is 0 Å². The lowest BCUT2D eigenvalue weighted by Crippen LogP contribution is -2.31. The van der Waals surface area contributed by atoms with Gasteiger partial charge in [-0.15, -0.1) is 12.3 Å². The molecule has 0 spiro atoms. The summed E-state index contributed by atoms with van der Waals surface area (Å²) in [5.41, 5.74) is 0.763. The molecule has 0 N–H and O–H groups in total. The zero-order valence-corrected chi connectivity index (χ0v) is 17.7. The van der Waals surface area contributed by atoms with E-state index in [0.717, 1.165) is 24.9 Å². The number of likely N-dealkylation sites (tertiary alicyclic amines) is 1. The molecule has 156 valence electrons. The molecular formula is C22H31N5O2. The first-order valence-corrected chi connectivity index (χ1v) is 10.4. The first-order valence-electron chi connectivity index (χ1n) is 10.4. The van der Waals surface area contributed by atoms with E-state index in [1.165, 1.54) is 0 Å². The molecule has 7 heteroatoms. The molecule has 29 heavy (non-hydrogen) atoms. The molecule has 2 aliphatic heterocycles. The van der Waals surface area contributed by atoms with Gasteiger partial charge in [0, 0.05) is 63.5 Å². The summed E-state index contributed by atoms with van der Waals surface area (Å²) in [5.74, 6) is 3.36. The summed E-state index contributed by atoms with van der Waals surface area (Å²) in [6, 6.07) is 4.46. The fraction of sp³-hybridized carbons (Fsp3) is 0.636. The van der Waals surface area contributed by atoms with Crippen LogP contribution in [-0.4, -0.2) is 58.6 Å². The molecule has 1 aromatic heterocycles.